The van der Waals surface area contributed by atoms with Crippen LogP contribution in [-0.2, 0) is 6.54 Å². The Hall–Kier alpha value is -2.63. The Balaban J connectivity index is 0.00000272. The molecule has 0 spiro atoms. The van der Waals surface area contributed by atoms with Gasteiger partial charge < -0.3 is 20.0 Å². The van der Waals surface area contributed by atoms with E-state index in [1.165, 1.54) is 6.07 Å². The minimum absolute atomic E-state index is 0. The van der Waals surface area contributed by atoms with Crippen LogP contribution in [0, 0.1) is 5.82 Å². The van der Waals surface area contributed by atoms with E-state index in [1.54, 1.807) is 24.5 Å². The van der Waals surface area contributed by atoms with Crippen LogP contribution in [0.1, 0.15) is 25.6 Å². The molecule has 4 rings (SSSR count). The smallest absolute Gasteiger partial charge is 0.216 e. The van der Waals surface area contributed by atoms with Gasteiger partial charge in [-0.1, -0.05) is 6.07 Å². The van der Waals surface area contributed by atoms with Gasteiger partial charge in [0.1, 0.15) is 18.2 Å². The summed E-state index contributed by atoms with van der Waals surface area (Å²) in [4.78, 5) is 11.3. The van der Waals surface area contributed by atoms with Gasteiger partial charge in [0.2, 0.25) is 5.82 Å². The summed E-state index contributed by atoms with van der Waals surface area (Å²) >= 11 is 0. The number of hydrogen-bond donors (Lipinski definition) is 3. The summed E-state index contributed by atoms with van der Waals surface area (Å²) in [5, 5.41) is 13.9. The van der Waals surface area contributed by atoms with E-state index in [-0.39, 0.29) is 29.8 Å². The van der Waals surface area contributed by atoms with E-state index in [0.29, 0.717) is 30.0 Å². The van der Waals surface area contributed by atoms with Crippen molar-refractivity contribution in [1.29, 1.82) is 0 Å². The minimum atomic E-state index is -0.197. The van der Waals surface area contributed by atoms with Crippen LogP contribution in [0.25, 0.3) is 11.6 Å². The number of hydrogen-bond acceptors (Lipinski definition) is 5. The molecule has 0 amide bonds. The first-order valence-corrected chi connectivity index (χ1v) is 10.2. The van der Waals surface area contributed by atoms with Gasteiger partial charge in [0.05, 0.1) is 6.26 Å². The number of aromatic amines is 1. The van der Waals surface area contributed by atoms with Crippen molar-refractivity contribution < 1.29 is 8.81 Å². The number of benzene rings is 1. The zero-order chi connectivity index (χ0) is 20.8. The number of halogens is 2. The summed E-state index contributed by atoms with van der Waals surface area (Å²) in [6.45, 7) is 4.92. The molecule has 3 aromatic rings. The van der Waals surface area contributed by atoms with Gasteiger partial charge in [0.15, 0.2) is 11.7 Å². The highest BCUT2D eigenvalue weighted by Gasteiger charge is 2.20. The molecule has 0 atom stereocenters. The molecule has 3 heterocycles. The lowest BCUT2D eigenvalue weighted by Crippen LogP contribution is -2.48. The van der Waals surface area contributed by atoms with E-state index in [1.807, 2.05) is 19.1 Å². The predicted molar refractivity (Wildman–Crippen MR) is 129 cm³/mol. The number of aromatic nitrogens is 3. The number of nitrogens with one attached hydrogen (secondary N) is 3. The van der Waals surface area contributed by atoms with Crippen LogP contribution in [0.4, 0.5) is 10.1 Å². The monoisotopic (exact) mass is 539 g/mol. The number of furan rings is 1. The van der Waals surface area contributed by atoms with E-state index in [9.17, 15) is 4.39 Å². The van der Waals surface area contributed by atoms with Gasteiger partial charge in [-0.25, -0.2) is 14.4 Å². The predicted octanol–water partition coefficient (Wildman–Crippen LogP) is 3.55. The Labute approximate surface area is 197 Å². The Bertz CT molecular complexity index is 968. The lowest BCUT2D eigenvalue weighted by molar-refractivity contribution is 0.461. The molecule has 10 heteroatoms. The summed E-state index contributed by atoms with van der Waals surface area (Å²) in [7, 11) is 0. The average Bonchev–Trinajstić information content (AvgIpc) is 3.45. The minimum Gasteiger partial charge on any atom is -0.461 e. The third-order valence-corrected chi connectivity index (χ3v) is 5.01. The molecule has 0 bridgehead atoms. The molecular formula is C21H27FIN7O. The second kappa shape index (κ2) is 11.1. The van der Waals surface area contributed by atoms with Crippen molar-refractivity contribution in [3.05, 3.63) is 54.3 Å². The summed E-state index contributed by atoms with van der Waals surface area (Å²) in [5.74, 6) is 2.36. The van der Waals surface area contributed by atoms with Crippen molar-refractivity contribution in [2.75, 3.05) is 24.5 Å². The average molecular weight is 539 g/mol. The first kappa shape index (κ1) is 23.0. The van der Waals surface area contributed by atoms with Gasteiger partial charge in [-0.2, -0.15) is 0 Å². The lowest BCUT2D eigenvalue weighted by Gasteiger charge is -2.34. The Morgan fingerprint density at radius 3 is 2.84 bits per heavy atom. The van der Waals surface area contributed by atoms with Crippen molar-refractivity contribution in [3.63, 3.8) is 0 Å². The largest absolute Gasteiger partial charge is 0.461 e. The van der Waals surface area contributed by atoms with Crippen LogP contribution >= 0.6 is 24.0 Å². The first-order chi connectivity index (χ1) is 14.7. The van der Waals surface area contributed by atoms with Crippen LogP contribution in [0.15, 0.2) is 52.1 Å². The SMILES string of the molecule is CCNC(=NCc1nc(-c2ccco2)n[nH]1)NC1CCN(c2cccc(F)c2)CC1.I. The Morgan fingerprint density at radius 2 is 2.13 bits per heavy atom. The number of nitrogens with zero attached hydrogens (tertiary/aromatic N) is 4. The number of guanidine groups is 1. The number of piperidine rings is 1. The van der Waals surface area contributed by atoms with Crippen LogP contribution < -0.4 is 15.5 Å². The van der Waals surface area contributed by atoms with Crippen molar-refractivity contribution in [2.45, 2.75) is 32.4 Å². The molecule has 31 heavy (non-hydrogen) atoms. The second-order valence-corrected chi connectivity index (χ2v) is 7.16. The summed E-state index contributed by atoms with van der Waals surface area (Å²) in [6.07, 6.45) is 3.49. The number of anilines is 1. The maximum Gasteiger partial charge on any atom is 0.216 e. The van der Waals surface area contributed by atoms with Crippen molar-refractivity contribution in [3.8, 4) is 11.6 Å². The van der Waals surface area contributed by atoms with Crippen LogP contribution in [0.5, 0.6) is 0 Å². The fraction of sp³-hybridized carbons (Fsp3) is 0.381. The van der Waals surface area contributed by atoms with E-state index in [4.69, 9.17) is 4.42 Å². The van der Waals surface area contributed by atoms with E-state index < -0.39 is 0 Å². The maximum absolute atomic E-state index is 13.5. The van der Waals surface area contributed by atoms with Gasteiger partial charge in [-0.15, -0.1) is 29.1 Å². The maximum atomic E-state index is 13.5. The Morgan fingerprint density at radius 1 is 1.29 bits per heavy atom. The van der Waals surface area contributed by atoms with Crippen molar-refractivity contribution in [2.24, 2.45) is 4.99 Å². The molecule has 1 aliphatic rings. The first-order valence-electron chi connectivity index (χ1n) is 10.2. The summed E-state index contributed by atoms with van der Waals surface area (Å²) < 4.78 is 18.8. The molecule has 8 nitrogen and oxygen atoms in total. The molecule has 1 saturated heterocycles. The highest BCUT2D eigenvalue weighted by molar-refractivity contribution is 14.0. The number of rotatable bonds is 6. The van der Waals surface area contributed by atoms with Gasteiger partial charge in [0.25, 0.3) is 0 Å². The van der Waals surface area contributed by atoms with Gasteiger partial charge >= 0.3 is 0 Å². The molecule has 0 aliphatic carbocycles. The summed E-state index contributed by atoms with van der Waals surface area (Å²) in [6, 6.07) is 10.7. The van der Waals surface area contributed by atoms with Gasteiger partial charge in [-0.05, 0) is 50.1 Å². The molecule has 0 saturated carbocycles. The lowest BCUT2D eigenvalue weighted by atomic mass is 10.0. The van der Waals surface area contributed by atoms with Crippen LogP contribution in [-0.4, -0.2) is 46.8 Å². The molecule has 0 unspecified atom stereocenters. The van der Waals surface area contributed by atoms with Gasteiger partial charge in [0, 0.05) is 31.4 Å². The number of H-pyrrole nitrogens is 1. The van der Waals surface area contributed by atoms with Gasteiger partial charge in [-0.3, -0.25) is 5.10 Å². The van der Waals surface area contributed by atoms with E-state index in [2.05, 4.69) is 35.7 Å². The molecule has 1 aromatic carbocycles. The molecule has 166 valence electrons. The zero-order valence-electron chi connectivity index (χ0n) is 17.3. The molecule has 1 fully saturated rings. The van der Waals surface area contributed by atoms with Crippen molar-refractivity contribution >= 4 is 35.6 Å². The van der Waals surface area contributed by atoms with Crippen molar-refractivity contribution in [1.82, 2.24) is 25.8 Å². The summed E-state index contributed by atoms with van der Waals surface area (Å²) in [5.41, 5.74) is 0.937. The van der Waals surface area contributed by atoms with E-state index in [0.717, 1.165) is 44.1 Å². The molecular weight excluding hydrogens is 512 g/mol. The molecule has 0 radical (unpaired) electrons. The normalized spacial score (nSPS) is 14.9. The fourth-order valence-corrected chi connectivity index (χ4v) is 3.50. The third kappa shape index (κ3) is 6.18. The highest BCUT2D eigenvalue weighted by atomic mass is 127. The topological polar surface area (TPSA) is 94.4 Å². The highest BCUT2D eigenvalue weighted by Crippen LogP contribution is 2.21. The molecule has 3 N–H and O–H groups in total. The van der Waals surface area contributed by atoms with Crippen LogP contribution in [0.2, 0.25) is 0 Å². The zero-order valence-corrected chi connectivity index (χ0v) is 19.7. The number of aliphatic imine (C=N–C) groups is 1. The van der Waals surface area contributed by atoms with Crippen LogP contribution in [0.3, 0.4) is 0 Å². The second-order valence-electron chi connectivity index (χ2n) is 7.16. The quantitative estimate of drug-likeness (QED) is 0.252. The Kier molecular flexibility index (Phi) is 8.27. The van der Waals surface area contributed by atoms with E-state index >= 15 is 0 Å². The standard InChI is InChI=1S/C21H26FN7O.HI/c1-2-23-21(24-14-19-26-20(28-27-19)18-7-4-12-30-18)25-16-8-10-29(11-9-16)17-6-3-5-15(22)13-17;/h3-7,12-13,16H,2,8-11,14H2,1H3,(H2,23,24,25)(H,26,27,28);1H. The fourth-order valence-electron chi connectivity index (χ4n) is 3.50. The third-order valence-electron chi connectivity index (χ3n) is 5.01. The molecule has 2 aromatic heterocycles. The molecule has 1 aliphatic heterocycles.